The molecule has 0 heterocycles. The van der Waals surface area contributed by atoms with Gasteiger partial charge in [-0.15, -0.1) is 0 Å². The summed E-state index contributed by atoms with van der Waals surface area (Å²) >= 11 is 1.86. The predicted molar refractivity (Wildman–Crippen MR) is 78.4 cm³/mol. The van der Waals surface area contributed by atoms with Gasteiger partial charge in [-0.3, -0.25) is 4.79 Å². The molecule has 1 aromatic rings. The predicted octanol–water partition coefficient (Wildman–Crippen LogP) is 2.87. The molecule has 1 aromatic carbocycles. The number of fused-ring (bicyclic) bond motifs is 1. The second-order valence-electron chi connectivity index (χ2n) is 4.68. The molecule has 1 aliphatic carbocycles. The van der Waals surface area contributed by atoms with Gasteiger partial charge in [-0.25, -0.2) is 0 Å². The largest absolute Gasteiger partial charge is 0.369 e. The van der Waals surface area contributed by atoms with Gasteiger partial charge in [0.05, 0.1) is 5.41 Å². The van der Waals surface area contributed by atoms with Crippen molar-refractivity contribution in [2.75, 3.05) is 11.5 Å². The molecule has 2 nitrogen and oxygen atoms in total. The van der Waals surface area contributed by atoms with Crippen molar-refractivity contribution in [1.29, 1.82) is 0 Å². The average Bonchev–Trinajstić information content (AvgIpc) is 2.38. The van der Waals surface area contributed by atoms with Crippen LogP contribution in [0.3, 0.4) is 0 Å². The minimum Gasteiger partial charge on any atom is -0.369 e. The number of thioether (sulfide) groups is 1. The first-order valence-corrected chi connectivity index (χ1v) is 7.48. The summed E-state index contributed by atoms with van der Waals surface area (Å²) in [5, 5.41) is 0. The lowest BCUT2D eigenvalue weighted by atomic mass is 9.74. The Balaban J connectivity index is 2.22. The lowest BCUT2D eigenvalue weighted by Crippen LogP contribution is -2.39. The SMILES string of the molecule is CCSCCC1(C(N)=O)C=Cc2ccccc2C1. The fraction of sp³-hybridized carbons (Fsp3) is 0.400. The van der Waals surface area contributed by atoms with Crippen LogP contribution in [0.2, 0.25) is 0 Å². The molecule has 2 N–H and O–H groups in total. The summed E-state index contributed by atoms with van der Waals surface area (Å²) in [6.45, 7) is 2.13. The summed E-state index contributed by atoms with van der Waals surface area (Å²) in [6.07, 6.45) is 5.61. The smallest absolute Gasteiger partial charge is 0.227 e. The topological polar surface area (TPSA) is 43.1 Å². The Morgan fingerprint density at radius 2 is 2.22 bits per heavy atom. The summed E-state index contributed by atoms with van der Waals surface area (Å²) in [5.41, 5.74) is 7.58. The lowest BCUT2D eigenvalue weighted by Gasteiger charge is -2.31. The van der Waals surface area contributed by atoms with Crippen LogP contribution in [-0.4, -0.2) is 17.4 Å². The molecule has 0 saturated carbocycles. The molecule has 96 valence electrons. The highest BCUT2D eigenvalue weighted by Gasteiger charge is 2.36. The Kier molecular flexibility index (Phi) is 4.12. The van der Waals surface area contributed by atoms with E-state index >= 15 is 0 Å². The zero-order valence-corrected chi connectivity index (χ0v) is 11.5. The summed E-state index contributed by atoms with van der Waals surface area (Å²) < 4.78 is 0. The monoisotopic (exact) mass is 261 g/mol. The number of amides is 1. The number of carbonyl (C=O) groups excluding carboxylic acids is 1. The summed E-state index contributed by atoms with van der Waals surface area (Å²) in [7, 11) is 0. The third-order valence-corrected chi connectivity index (χ3v) is 4.43. The van der Waals surface area contributed by atoms with Crippen molar-refractivity contribution in [1.82, 2.24) is 0 Å². The molecule has 1 unspecified atom stereocenters. The van der Waals surface area contributed by atoms with Crippen molar-refractivity contribution in [2.24, 2.45) is 11.1 Å². The van der Waals surface area contributed by atoms with Crippen LogP contribution < -0.4 is 5.73 Å². The molecule has 1 amide bonds. The van der Waals surface area contributed by atoms with Crippen molar-refractivity contribution in [3.63, 3.8) is 0 Å². The van der Waals surface area contributed by atoms with E-state index in [0.717, 1.165) is 24.3 Å². The fourth-order valence-electron chi connectivity index (χ4n) is 2.37. The van der Waals surface area contributed by atoms with Gasteiger partial charge in [-0.2, -0.15) is 11.8 Å². The maximum atomic E-state index is 11.8. The molecular weight excluding hydrogens is 242 g/mol. The maximum Gasteiger partial charge on any atom is 0.227 e. The van der Waals surface area contributed by atoms with Gasteiger partial charge in [0.25, 0.3) is 0 Å². The summed E-state index contributed by atoms with van der Waals surface area (Å²) in [4.78, 5) is 11.8. The van der Waals surface area contributed by atoms with Gasteiger partial charge in [0.1, 0.15) is 0 Å². The Morgan fingerprint density at radius 1 is 1.44 bits per heavy atom. The molecule has 0 aliphatic heterocycles. The maximum absolute atomic E-state index is 11.8. The van der Waals surface area contributed by atoms with E-state index in [1.54, 1.807) is 0 Å². The van der Waals surface area contributed by atoms with E-state index in [1.807, 2.05) is 36.0 Å². The van der Waals surface area contributed by atoms with Crippen LogP contribution in [-0.2, 0) is 11.2 Å². The number of primary amides is 1. The van der Waals surface area contributed by atoms with E-state index in [2.05, 4.69) is 19.1 Å². The van der Waals surface area contributed by atoms with Crippen LogP contribution >= 0.6 is 11.8 Å². The van der Waals surface area contributed by atoms with E-state index in [0.29, 0.717) is 0 Å². The third kappa shape index (κ3) is 2.61. The first kappa shape index (κ1) is 13.2. The van der Waals surface area contributed by atoms with E-state index in [4.69, 9.17) is 5.73 Å². The van der Waals surface area contributed by atoms with Crippen LogP contribution in [0.5, 0.6) is 0 Å². The van der Waals surface area contributed by atoms with Crippen molar-refractivity contribution in [3.8, 4) is 0 Å². The minimum atomic E-state index is -0.490. The molecule has 1 aliphatic rings. The average molecular weight is 261 g/mol. The van der Waals surface area contributed by atoms with Crippen molar-refractivity contribution >= 4 is 23.7 Å². The van der Waals surface area contributed by atoms with Crippen LogP contribution in [0.25, 0.3) is 6.08 Å². The molecular formula is C15H19NOS. The molecule has 3 heteroatoms. The number of hydrogen-bond acceptors (Lipinski definition) is 2. The molecule has 0 saturated heterocycles. The highest BCUT2D eigenvalue weighted by atomic mass is 32.2. The van der Waals surface area contributed by atoms with Crippen molar-refractivity contribution in [2.45, 2.75) is 19.8 Å². The summed E-state index contributed by atoms with van der Waals surface area (Å²) in [6, 6.07) is 8.21. The highest BCUT2D eigenvalue weighted by molar-refractivity contribution is 7.99. The van der Waals surface area contributed by atoms with E-state index in [9.17, 15) is 4.79 Å². The zero-order chi connectivity index (χ0) is 13.0. The fourth-order valence-corrected chi connectivity index (χ4v) is 3.17. The van der Waals surface area contributed by atoms with Crippen LogP contribution in [0.15, 0.2) is 30.3 Å². The van der Waals surface area contributed by atoms with Gasteiger partial charge in [0.2, 0.25) is 5.91 Å². The first-order chi connectivity index (χ1) is 8.68. The molecule has 0 spiro atoms. The van der Waals surface area contributed by atoms with Crippen LogP contribution in [0, 0.1) is 5.41 Å². The third-order valence-electron chi connectivity index (χ3n) is 3.53. The zero-order valence-electron chi connectivity index (χ0n) is 10.7. The van der Waals surface area contributed by atoms with Crippen molar-refractivity contribution in [3.05, 3.63) is 41.5 Å². The normalized spacial score (nSPS) is 21.6. The molecule has 18 heavy (non-hydrogen) atoms. The second-order valence-corrected chi connectivity index (χ2v) is 6.07. The molecule has 2 rings (SSSR count). The van der Waals surface area contributed by atoms with Gasteiger partial charge < -0.3 is 5.73 Å². The van der Waals surface area contributed by atoms with Gasteiger partial charge in [0.15, 0.2) is 0 Å². The Labute approximate surface area is 113 Å². The molecule has 1 atom stereocenters. The quantitative estimate of drug-likeness (QED) is 0.828. The number of rotatable bonds is 5. The number of hydrogen-bond donors (Lipinski definition) is 1. The lowest BCUT2D eigenvalue weighted by molar-refractivity contribution is -0.125. The van der Waals surface area contributed by atoms with Gasteiger partial charge >= 0.3 is 0 Å². The molecule has 0 aromatic heterocycles. The Hall–Kier alpha value is -1.22. The standard InChI is InChI=1S/C15H19NOS/c1-2-18-10-9-15(14(16)17)8-7-12-5-3-4-6-13(12)11-15/h3-8H,2,9-11H2,1H3,(H2,16,17). The van der Waals surface area contributed by atoms with Gasteiger partial charge in [-0.1, -0.05) is 43.3 Å². The molecule has 0 fully saturated rings. The number of benzene rings is 1. The van der Waals surface area contributed by atoms with E-state index in [-0.39, 0.29) is 5.91 Å². The highest BCUT2D eigenvalue weighted by Crippen LogP contribution is 2.36. The second kappa shape index (κ2) is 5.61. The number of carbonyl (C=O) groups is 1. The Bertz CT molecular complexity index is 469. The van der Waals surface area contributed by atoms with Gasteiger partial charge in [-0.05, 0) is 35.5 Å². The minimum absolute atomic E-state index is 0.204. The van der Waals surface area contributed by atoms with E-state index in [1.165, 1.54) is 11.1 Å². The molecule has 0 radical (unpaired) electrons. The Morgan fingerprint density at radius 3 is 2.94 bits per heavy atom. The van der Waals surface area contributed by atoms with Crippen molar-refractivity contribution < 1.29 is 4.79 Å². The molecule has 0 bridgehead atoms. The van der Waals surface area contributed by atoms with Crippen LogP contribution in [0.4, 0.5) is 0 Å². The number of nitrogens with two attached hydrogens (primary N) is 1. The van der Waals surface area contributed by atoms with E-state index < -0.39 is 5.41 Å². The first-order valence-electron chi connectivity index (χ1n) is 6.33. The van der Waals surface area contributed by atoms with Crippen LogP contribution in [0.1, 0.15) is 24.5 Å². The van der Waals surface area contributed by atoms with Gasteiger partial charge in [0, 0.05) is 0 Å². The summed E-state index contributed by atoms with van der Waals surface area (Å²) in [5.74, 6) is 1.85.